The van der Waals surface area contributed by atoms with Crippen LogP contribution < -0.4 is 10.9 Å². The maximum Gasteiger partial charge on any atom is 0.269 e. The van der Waals surface area contributed by atoms with Crippen LogP contribution in [0.1, 0.15) is 31.8 Å². The largest absolute Gasteiger partial charge is 0.269 e. The zero-order valence-corrected chi connectivity index (χ0v) is 16.8. The summed E-state index contributed by atoms with van der Waals surface area (Å²) in [5.41, 5.74) is 8.53. The van der Waals surface area contributed by atoms with Crippen LogP contribution in [0.15, 0.2) is 78.9 Å². The van der Waals surface area contributed by atoms with Gasteiger partial charge in [0.1, 0.15) is 0 Å². The van der Waals surface area contributed by atoms with E-state index in [1.807, 2.05) is 55.5 Å². The van der Waals surface area contributed by atoms with E-state index in [1.54, 1.807) is 30.3 Å². The highest BCUT2D eigenvalue weighted by Gasteiger charge is 2.10. The summed E-state index contributed by atoms with van der Waals surface area (Å²) < 4.78 is 0. The lowest BCUT2D eigenvalue weighted by Gasteiger charge is -2.08. The van der Waals surface area contributed by atoms with Gasteiger partial charge in [-0.15, -0.1) is 10.2 Å². The third kappa shape index (κ3) is 4.99. The normalized spacial score (nSPS) is 10.5. The third-order valence-electron chi connectivity index (χ3n) is 4.59. The van der Waals surface area contributed by atoms with Crippen molar-refractivity contribution >= 4 is 11.8 Å². The standard InChI is InChI=1S/C23H20N6O2/c1-16-6-5-9-20(14-16)23(31)26-25-22(30)19-12-10-17(11-13-19)15-29-27-21(24-28-29)18-7-3-2-4-8-18/h2-14H,15H2,1H3,(H,25,30)(H,26,31). The molecule has 0 fully saturated rings. The maximum atomic E-state index is 12.3. The smallest absolute Gasteiger partial charge is 0.267 e. The minimum atomic E-state index is -0.405. The summed E-state index contributed by atoms with van der Waals surface area (Å²) in [6.07, 6.45) is 0. The second-order valence-electron chi connectivity index (χ2n) is 6.98. The average Bonchev–Trinajstić information content (AvgIpc) is 3.27. The van der Waals surface area contributed by atoms with Gasteiger partial charge in [0.05, 0.1) is 6.54 Å². The number of aromatic nitrogens is 4. The molecule has 1 aromatic heterocycles. The van der Waals surface area contributed by atoms with Gasteiger partial charge in [0, 0.05) is 16.7 Å². The van der Waals surface area contributed by atoms with Gasteiger partial charge in [-0.25, -0.2) is 0 Å². The molecule has 0 aliphatic rings. The summed E-state index contributed by atoms with van der Waals surface area (Å²) in [5.74, 6) is -0.223. The van der Waals surface area contributed by atoms with Crippen molar-refractivity contribution in [2.24, 2.45) is 0 Å². The molecule has 1 heterocycles. The van der Waals surface area contributed by atoms with Crippen molar-refractivity contribution in [2.45, 2.75) is 13.5 Å². The number of nitrogens with one attached hydrogen (secondary N) is 2. The van der Waals surface area contributed by atoms with Crippen LogP contribution in [0.5, 0.6) is 0 Å². The number of hydrazine groups is 1. The highest BCUT2D eigenvalue weighted by molar-refractivity contribution is 5.99. The van der Waals surface area contributed by atoms with Gasteiger partial charge in [-0.1, -0.05) is 60.2 Å². The second kappa shape index (κ2) is 9.00. The monoisotopic (exact) mass is 412 g/mol. The van der Waals surface area contributed by atoms with E-state index in [0.29, 0.717) is 23.5 Å². The first kappa shape index (κ1) is 20.0. The molecular weight excluding hydrogens is 392 g/mol. The first-order chi connectivity index (χ1) is 15.1. The summed E-state index contributed by atoms with van der Waals surface area (Å²) in [4.78, 5) is 26.0. The average molecular weight is 412 g/mol. The van der Waals surface area contributed by atoms with Crippen molar-refractivity contribution in [1.82, 2.24) is 31.1 Å². The molecule has 4 aromatic rings. The van der Waals surface area contributed by atoms with Crippen LogP contribution in [0.3, 0.4) is 0 Å². The van der Waals surface area contributed by atoms with Gasteiger partial charge in [-0.05, 0) is 42.0 Å². The van der Waals surface area contributed by atoms with Crippen LogP contribution in [0.2, 0.25) is 0 Å². The highest BCUT2D eigenvalue weighted by atomic mass is 16.2. The molecule has 0 unspecified atom stereocenters. The number of amides is 2. The predicted octanol–water partition coefficient (Wildman–Crippen LogP) is 2.77. The van der Waals surface area contributed by atoms with Crippen molar-refractivity contribution < 1.29 is 9.59 Å². The molecule has 2 amide bonds. The third-order valence-corrected chi connectivity index (χ3v) is 4.59. The van der Waals surface area contributed by atoms with E-state index in [2.05, 4.69) is 26.3 Å². The summed E-state index contributed by atoms with van der Waals surface area (Å²) >= 11 is 0. The Morgan fingerprint density at radius 2 is 1.55 bits per heavy atom. The fourth-order valence-corrected chi connectivity index (χ4v) is 2.98. The van der Waals surface area contributed by atoms with E-state index in [-0.39, 0.29) is 5.91 Å². The van der Waals surface area contributed by atoms with Crippen LogP contribution in [-0.2, 0) is 6.54 Å². The number of tetrazole rings is 1. The van der Waals surface area contributed by atoms with Crippen LogP contribution in [0, 0.1) is 6.92 Å². The molecule has 0 radical (unpaired) electrons. The molecule has 0 saturated carbocycles. The quantitative estimate of drug-likeness (QED) is 0.491. The SMILES string of the molecule is Cc1cccc(C(=O)NNC(=O)c2ccc(Cn3nnc(-c4ccccc4)n3)cc2)c1. The van der Waals surface area contributed by atoms with Gasteiger partial charge in [-0.2, -0.15) is 4.80 Å². The van der Waals surface area contributed by atoms with Crippen LogP contribution in [0.25, 0.3) is 11.4 Å². The highest BCUT2D eigenvalue weighted by Crippen LogP contribution is 2.12. The molecule has 0 aliphatic heterocycles. The molecule has 31 heavy (non-hydrogen) atoms. The van der Waals surface area contributed by atoms with Gasteiger partial charge >= 0.3 is 0 Å². The van der Waals surface area contributed by atoms with E-state index < -0.39 is 5.91 Å². The van der Waals surface area contributed by atoms with Crippen LogP contribution >= 0.6 is 0 Å². The Morgan fingerprint density at radius 1 is 0.839 bits per heavy atom. The van der Waals surface area contributed by atoms with Gasteiger partial charge in [0.2, 0.25) is 5.82 Å². The molecule has 8 heteroatoms. The van der Waals surface area contributed by atoms with Crippen molar-refractivity contribution in [3.63, 3.8) is 0 Å². The molecule has 0 saturated heterocycles. The lowest BCUT2D eigenvalue weighted by molar-refractivity contribution is 0.0846. The van der Waals surface area contributed by atoms with Gasteiger partial charge in [0.15, 0.2) is 0 Å². The molecular formula is C23H20N6O2. The number of carbonyl (C=O) groups is 2. The zero-order chi connectivity index (χ0) is 21.6. The molecule has 0 atom stereocenters. The first-order valence-corrected chi connectivity index (χ1v) is 9.68. The molecule has 2 N–H and O–H groups in total. The summed E-state index contributed by atoms with van der Waals surface area (Å²) in [6.45, 7) is 2.32. The number of nitrogens with zero attached hydrogens (tertiary/aromatic N) is 4. The van der Waals surface area contributed by atoms with Gasteiger partial charge in [-0.3, -0.25) is 20.4 Å². The number of aryl methyl sites for hydroxylation is 1. The van der Waals surface area contributed by atoms with Crippen molar-refractivity contribution in [3.05, 3.63) is 101 Å². The molecule has 0 spiro atoms. The first-order valence-electron chi connectivity index (χ1n) is 9.68. The van der Waals surface area contributed by atoms with E-state index in [0.717, 1.165) is 16.7 Å². The molecule has 3 aromatic carbocycles. The van der Waals surface area contributed by atoms with Crippen molar-refractivity contribution in [3.8, 4) is 11.4 Å². The topological polar surface area (TPSA) is 102 Å². The summed E-state index contributed by atoms with van der Waals surface area (Å²) in [7, 11) is 0. The van der Waals surface area contributed by atoms with E-state index >= 15 is 0 Å². The number of hydrogen-bond donors (Lipinski definition) is 2. The molecule has 4 rings (SSSR count). The Balaban J connectivity index is 1.34. The molecule has 0 aliphatic carbocycles. The number of carbonyl (C=O) groups excluding carboxylic acids is 2. The Labute approximate surface area is 178 Å². The van der Waals surface area contributed by atoms with Gasteiger partial charge in [0.25, 0.3) is 11.8 Å². The molecule has 154 valence electrons. The van der Waals surface area contributed by atoms with E-state index in [1.165, 1.54) is 4.80 Å². The Bertz CT molecular complexity index is 1200. The van der Waals surface area contributed by atoms with Crippen LogP contribution in [0.4, 0.5) is 0 Å². The predicted molar refractivity (Wildman–Crippen MR) is 115 cm³/mol. The minimum absolute atomic E-state index is 0.375. The minimum Gasteiger partial charge on any atom is -0.267 e. The van der Waals surface area contributed by atoms with E-state index in [9.17, 15) is 9.59 Å². The fraction of sp³-hybridized carbons (Fsp3) is 0.0870. The lowest BCUT2D eigenvalue weighted by Crippen LogP contribution is -2.41. The summed E-state index contributed by atoms with van der Waals surface area (Å²) in [6, 6.07) is 23.7. The van der Waals surface area contributed by atoms with Crippen molar-refractivity contribution in [2.75, 3.05) is 0 Å². The zero-order valence-electron chi connectivity index (χ0n) is 16.8. The number of hydrogen-bond acceptors (Lipinski definition) is 5. The molecule has 0 bridgehead atoms. The Morgan fingerprint density at radius 3 is 2.26 bits per heavy atom. The maximum absolute atomic E-state index is 12.3. The second-order valence-corrected chi connectivity index (χ2v) is 6.98. The van der Waals surface area contributed by atoms with Gasteiger partial charge < -0.3 is 0 Å². The lowest BCUT2D eigenvalue weighted by atomic mass is 10.1. The number of benzene rings is 3. The summed E-state index contributed by atoms with van der Waals surface area (Å²) in [5, 5.41) is 12.5. The van der Waals surface area contributed by atoms with Crippen molar-refractivity contribution in [1.29, 1.82) is 0 Å². The Kier molecular flexibility index (Phi) is 5.79. The fourth-order valence-electron chi connectivity index (χ4n) is 2.98. The molecule has 8 nitrogen and oxygen atoms in total. The Hall–Kier alpha value is -4.33. The van der Waals surface area contributed by atoms with Crippen LogP contribution in [-0.4, -0.2) is 32.0 Å². The van der Waals surface area contributed by atoms with E-state index in [4.69, 9.17) is 0 Å². The number of rotatable bonds is 5.